The van der Waals surface area contributed by atoms with Crippen LogP contribution in [-0.4, -0.2) is 70.2 Å². The quantitative estimate of drug-likeness (QED) is 0.197. The highest BCUT2D eigenvalue weighted by molar-refractivity contribution is 6.31. The van der Waals surface area contributed by atoms with Crippen LogP contribution in [0.3, 0.4) is 0 Å². The number of rotatable bonds is 2. The Balaban J connectivity index is 1.95. The molecule has 11 heteroatoms. The number of fused-ring (bicyclic) bond motifs is 3. The highest BCUT2D eigenvalue weighted by Crippen LogP contribution is 2.56. The number of hydrogen-bond donors (Lipinski definition) is 5. The first-order valence-electron chi connectivity index (χ1n) is 10.4. The van der Waals surface area contributed by atoms with E-state index in [2.05, 4.69) is 0 Å². The first-order valence-corrected chi connectivity index (χ1v) is 10.4. The lowest BCUT2D eigenvalue weighted by Crippen LogP contribution is -2.72. The van der Waals surface area contributed by atoms with E-state index in [1.54, 1.807) is 25.9 Å². The van der Waals surface area contributed by atoms with Crippen molar-refractivity contribution in [2.75, 3.05) is 24.7 Å². The van der Waals surface area contributed by atoms with E-state index in [0.717, 1.165) is 0 Å². The van der Waals surface area contributed by atoms with E-state index in [9.17, 15) is 39.3 Å². The molecule has 0 spiro atoms. The molecule has 0 heterocycles. The maximum atomic E-state index is 13.6. The Bertz CT molecular complexity index is 1140. The third-order valence-electron chi connectivity index (χ3n) is 7.44. The summed E-state index contributed by atoms with van der Waals surface area (Å²) < 4.78 is 0. The van der Waals surface area contributed by atoms with Crippen LogP contribution in [0.15, 0.2) is 6.07 Å². The van der Waals surface area contributed by atoms with Gasteiger partial charge in [-0.1, -0.05) is 6.92 Å². The van der Waals surface area contributed by atoms with Gasteiger partial charge in [0.05, 0.1) is 23.3 Å². The zero-order chi connectivity index (χ0) is 24.7. The average molecular weight is 459 g/mol. The minimum absolute atomic E-state index is 0.107. The third-order valence-corrected chi connectivity index (χ3v) is 7.44. The van der Waals surface area contributed by atoms with Crippen LogP contribution < -0.4 is 16.4 Å². The van der Waals surface area contributed by atoms with Gasteiger partial charge in [0.25, 0.3) is 0 Å². The number of nitrogens with two attached hydrogens (primary N) is 2. The Morgan fingerprint density at radius 1 is 1.18 bits per heavy atom. The number of nitrogens with zero attached hydrogens (tertiary/aromatic N) is 1. The van der Waals surface area contributed by atoms with Crippen LogP contribution in [-0.2, 0) is 19.2 Å². The Labute approximate surface area is 188 Å². The number of amides is 1. The number of anilines is 2. The smallest absolute Gasteiger partial charge is 0.235 e. The van der Waals surface area contributed by atoms with Crippen LogP contribution in [0, 0.1) is 23.7 Å². The fourth-order valence-corrected chi connectivity index (χ4v) is 5.87. The summed E-state index contributed by atoms with van der Waals surface area (Å²) in [5.41, 5.74) is 8.62. The summed E-state index contributed by atoms with van der Waals surface area (Å²) in [4.78, 5) is 65.9. The minimum Gasteiger partial charge on any atom is -0.505 e. The average Bonchev–Trinajstić information content (AvgIpc) is 2.72. The molecule has 0 aromatic heterocycles. The second-order valence-corrected chi connectivity index (χ2v) is 9.32. The van der Waals surface area contributed by atoms with Crippen LogP contribution in [0.25, 0.3) is 0 Å². The van der Waals surface area contributed by atoms with Gasteiger partial charge in [0.2, 0.25) is 5.91 Å². The number of carbonyl (C=O) groups excluding carboxylic acids is 5. The van der Waals surface area contributed by atoms with Crippen LogP contribution >= 0.6 is 0 Å². The van der Waals surface area contributed by atoms with E-state index in [0.29, 0.717) is 11.3 Å². The molecule has 3 aliphatic carbocycles. The Morgan fingerprint density at radius 3 is 2.33 bits per heavy atom. The van der Waals surface area contributed by atoms with E-state index >= 15 is 0 Å². The zero-order valence-corrected chi connectivity index (χ0v) is 18.2. The highest BCUT2D eigenvalue weighted by atomic mass is 16.3. The number of phenolic OH excluding ortho intramolecular Hbond substituents is 1. The summed E-state index contributed by atoms with van der Waals surface area (Å²) in [6.07, 6.45) is -2.24. The van der Waals surface area contributed by atoms with Crippen LogP contribution in [0.1, 0.15) is 35.2 Å². The summed E-state index contributed by atoms with van der Waals surface area (Å²) in [6, 6.07) is 1.47. The lowest BCUT2D eigenvalue weighted by molar-refractivity contribution is -0.189. The largest absolute Gasteiger partial charge is 0.505 e. The number of ketones is 4. The van der Waals surface area contributed by atoms with Gasteiger partial charge in [-0.15, -0.1) is 0 Å². The predicted octanol–water partition coefficient (Wildman–Crippen LogP) is -1.49. The minimum atomic E-state index is -2.94. The molecule has 1 aromatic rings. The van der Waals surface area contributed by atoms with Crippen molar-refractivity contribution in [3.05, 3.63) is 17.2 Å². The normalized spacial score (nSPS) is 35.5. The lowest BCUT2D eigenvalue weighted by atomic mass is 9.50. The topological polar surface area (TPSA) is 201 Å². The Hall–Kier alpha value is -3.31. The second kappa shape index (κ2) is 7.09. The fourth-order valence-electron chi connectivity index (χ4n) is 5.87. The van der Waals surface area contributed by atoms with Gasteiger partial charge < -0.3 is 31.7 Å². The van der Waals surface area contributed by atoms with Crippen molar-refractivity contribution in [1.82, 2.24) is 0 Å². The monoisotopic (exact) mass is 459 g/mol. The molecular formula is C22H25N3O8. The van der Waals surface area contributed by atoms with E-state index in [4.69, 9.17) is 11.5 Å². The molecule has 33 heavy (non-hydrogen) atoms. The zero-order valence-electron chi connectivity index (χ0n) is 18.2. The van der Waals surface area contributed by atoms with Gasteiger partial charge in [-0.05, 0) is 17.5 Å². The number of carbonyl (C=O) groups is 5. The molecule has 2 unspecified atom stereocenters. The number of phenols is 1. The fraction of sp³-hybridized carbons (Fsp3) is 0.500. The van der Waals surface area contributed by atoms with E-state index in [-0.39, 0.29) is 11.3 Å². The van der Waals surface area contributed by atoms with Crippen molar-refractivity contribution in [3.63, 3.8) is 0 Å². The van der Waals surface area contributed by atoms with E-state index < -0.39 is 82.5 Å². The maximum Gasteiger partial charge on any atom is 0.235 e. The highest BCUT2D eigenvalue weighted by Gasteiger charge is 2.70. The number of aromatic hydroxyl groups is 1. The van der Waals surface area contributed by atoms with Crippen LogP contribution in [0.4, 0.5) is 11.4 Å². The molecule has 1 amide bonds. The molecule has 0 aliphatic heterocycles. The Morgan fingerprint density at radius 2 is 1.79 bits per heavy atom. The molecule has 0 bridgehead atoms. The first kappa shape index (κ1) is 22.9. The molecule has 176 valence electrons. The van der Waals surface area contributed by atoms with Crippen molar-refractivity contribution in [3.8, 4) is 5.75 Å². The molecule has 2 fully saturated rings. The molecule has 7 N–H and O–H groups in total. The summed E-state index contributed by atoms with van der Waals surface area (Å²) in [5.74, 6) is -13.4. The maximum absolute atomic E-state index is 13.6. The van der Waals surface area contributed by atoms with Crippen molar-refractivity contribution >= 4 is 40.4 Å². The summed E-state index contributed by atoms with van der Waals surface area (Å²) >= 11 is 0. The third kappa shape index (κ3) is 2.72. The van der Waals surface area contributed by atoms with Gasteiger partial charge in [0.1, 0.15) is 5.75 Å². The SMILES string of the molecule is C[C@H]1c2c(N(C)C)cc(N)c(O)c2C(=O)C2C(=O)[C@]3(O)C(=O)C(C(N)=O)C(=O)C[C@@H]3[C@H](O)[C@@H]21. The van der Waals surface area contributed by atoms with Crippen LogP contribution in [0.5, 0.6) is 5.75 Å². The van der Waals surface area contributed by atoms with Gasteiger partial charge in [-0.25, -0.2) is 0 Å². The van der Waals surface area contributed by atoms with E-state index in [1.165, 1.54) is 6.07 Å². The van der Waals surface area contributed by atoms with Crippen molar-refractivity contribution in [2.45, 2.75) is 31.0 Å². The number of nitrogen functional groups attached to an aromatic ring is 1. The van der Waals surface area contributed by atoms with Gasteiger partial charge in [-0.3, -0.25) is 24.0 Å². The molecule has 3 aliphatic rings. The van der Waals surface area contributed by atoms with Gasteiger partial charge >= 0.3 is 0 Å². The molecule has 7 atom stereocenters. The van der Waals surface area contributed by atoms with Crippen molar-refractivity contribution in [1.29, 1.82) is 0 Å². The molecule has 0 saturated heterocycles. The first-order chi connectivity index (χ1) is 15.3. The number of aliphatic hydroxyl groups excluding tert-OH is 1. The summed E-state index contributed by atoms with van der Waals surface area (Å²) in [5, 5.41) is 33.1. The summed E-state index contributed by atoms with van der Waals surface area (Å²) in [7, 11) is 3.39. The van der Waals surface area contributed by atoms with Crippen molar-refractivity contribution in [2.24, 2.45) is 29.4 Å². The molecule has 11 nitrogen and oxygen atoms in total. The van der Waals surface area contributed by atoms with Crippen LogP contribution in [0.2, 0.25) is 0 Å². The predicted molar refractivity (Wildman–Crippen MR) is 113 cm³/mol. The molecule has 1 aromatic carbocycles. The number of primary amides is 1. The number of Topliss-reactive ketones (excluding diaryl/α,β-unsaturated/α-hetero) is 4. The second-order valence-electron chi connectivity index (χ2n) is 9.32. The molecule has 2 saturated carbocycles. The Kier molecular flexibility index (Phi) is 4.92. The molecule has 4 rings (SSSR count). The van der Waals surface area contributed by atoms with Gasteiger partial charge in [-0.2, -0.15) is 0 Å². The standard InChI is InChI=1S/C22H25N3O8/c1-6-11-9(25(2)3)5-8(23)17(28)14(11)18(29)15-12(6)16(27)7-4-10(26)13(21(24)32)19(30)22(7,33)20(15)31/h5-7,12-13,15-16,27-28,33H,4,23H2,1-3H3,(H2,24,32)/t6-,7+,12+,13?,15?,16-,22+/m0/s1. The number of aliphatic hydroxyl groups is 2. The number of benzene rings is 1. The van der Waals surface area contributed by atoms with Gasteiger partial charge in [0.15, 0.2) is 34.7 Å². The van der Waals surface area contributed by atoms with Crippen molar-refractivity contribution < 1.29 is 39.3 Å². The number of hydrogen-bond acceptors (Lipinski definition) is 10. The lowest BCUT2D eigenvalue weighted by Gasteiger charge is -2.53. The summed E-state index contributed by atoms with van der Waals surface area (Å²) in [6.45, 7) is 1.64. The molecular weight excluding hydrogens is 434 g/mol. The van der Waals surface area contributed by atoms with Gasteiger partial charge in [0, 0.05) is 38.0 Å². The van der Waals surface area contributed by atoms with E-state index in [1.807, 2.05) is 0 Å². The molecule has 0 radical (unpaired) electrons.